The van der Waals surface area contributed by atoms with Crippen LogP contribution in [0.3, 0.4) is 0 Å². The number of carbonyl (C=O) groups is 1. The molecule has 0 spiro atoms. The number of nitrogen functional groups attached to an aromatic ring is 1. The average molecular weight is 266 g/mol. The third-order valence-corrected chi connectivity index (χ3v) is 2.14. The van der Waals surface area contributed by atoms with Crippen LogP contribution in [0.4, 0.5) is 14.5 Å². The minimum atomic E-state index is -3.11. The SMILES string of the molecule is CCOC(=O)c1c(Cl)ccc(N)c1OC(F)F. The molecular weight excluding hydrogens is 256 g/mol. The van der Waals surface area contributed by atoms with E-state index in [9.17, 15) is 13.6 Å². The molecule has 1 aromatic rings. The molecule has 0 saturated carbocycles. The van der Waals surface area contributed by atoms with E-state index < -0.39 is 18.3 Å². The predicted octanol–water partition coefficient (Wildman–Crippen LogP) is 2.70. The van der Waals surface area contributed by atoms with Crippen LogP contribution in [0.25, 0.3) is 0 Å². The topological polar surface area (TPSA) is 61.5 Å². The Morgan fingerprint density at radius 2 is 2.18 bits per heavy atom. The van der Waals surface area contributed by atoms with Gasteiger partial charge in [0.05, 0.1) is 17.3 Å². The molecule has 0 bridgehead atoms. The van der Waals surface area contributed by atoms with E-state index >= 15 is 0 Å². The van der Waals surface area contributed by atoms with Gasteiger partial charge in [-0.25, -0.2) is 4.79 Å². The lowest BCUT2D eigenvalue weighted by molar-refractivity contribution is -0.0499. The maximum absolute atomic E-state index is 12.2. The van der Waals surface area contributed by atoms with Gasteiger partial charge in [0.15, 0.2) is 5.75 Å². The van der Waals surface area contributed by atoms with Crippen LogP contribution in [-0.2, 0) is 4.74 Å². The van der Waals surface area contributed by atoms with Gasteiger partial charge in [0.1, 0.15) is 5.56 Å². The Hall–Kier alpha value is -1.56. The summed E-state index contributed by atoms with van der Waals surface area (Å²) in [6.07, 6.45) is 0. The zero-order valence-electron chi connectivity index (χ0n) is 8.88. The van der Waals surface area contributed by atoms with Crippen LogP contribution in [0.2, 0.25) is 5.02 Å². The van der Waals surface area contributed by atoms with E-state index in [0.717, 1.165) is 0 Å². The number of rotatable bonds is 4. The average Bonchev–Trinajstić information content (AvgIpc) is 2.23. The maximum Gasteiger partial charge on any atom is 0.387 e. The Bertz CT molecular complexity index is 426. The summed E-state index contributed by atoms with van der Waals surface area (Å²) in [5.41, 5.74) is 5.04. The molecule has 0 aliphatic rings. The summed E-state index contributed by atoms with van der Waals surface area (Å²) in [7, 11) is 0. The van der Waals surface area contributed by atoms with Gasteiger partial charge < -0.3 is 15.2 Å². The second-order valence-corrected chi connectivity index (χ2v) is 3.35. The molecule has 0 unspecified atom stereocenters. The summed E-state index contributed by atoms with van der Waals surface area (Å²) >= 11 is 5.73. The zero-order valence-corrected chi connectivity index (χ0v) is 9.63. The maximum atomic E-state index is 12.2. The number of benzene rings is 1. The minimum Gasteiger partial charge on any atom is -0.462 e. The highest BCUT2D eigenvalue weighted by Gasteiger charge is 2.22. The Balaban J connectivity index is 3.24. The van der Waals surface area contributed by atoms with Crippen LogP contribution < -0.4 is 10.5 Å². The van der Waals surface area contributed by atoms with Crippen LogP contribution in [0.15, 0.2) is 12.1 Å². The summed E-state index contributed by atoms with van der Waals surface area (Å²) in [6, 6.07) is 2.57. The highest BCUT2D eigenvalue weighted by atomic mass is 35.5. The summed E-state index contributed by atoms with van der Waals surface area (Å²) in [5.74, 6) is -1.33. The second kappa shape index (κ2) is 5.67. The summed E-state index contributed by atoms with van der Waals surface area (Å²) in [6.45, 7) is -1.45. The van der Waals surface area contributed by atoms with Crippen molar-refractivity contribution >= 4 is 23.3 Å². The van der Waals surface area contributed by atoms with Crippen molar-refractivity contribution in [3.05, 3.63) is 22.7 Å². The fourth-order valence-electron chi connectivity index (χ4n) is 1.18. The van der Waals surface area contributed by atoms with Crippen molar-refractivity contribution in [3.63, 3.8) is 0 Å². The van der Waals surface area contributed by atoms with Crippen molar-refractivity contribution in [2.24, 2.45) is 0 Å². The fourth-order valence-corrected chi connectivity index (χ4v) is 1.41. The monoisotopic (exact) mass is 265 g/mol. The molecule has 0 aromatic heterocycles. The molecular formula is C10H10ClF2NO3. The third kappa shape index (κ3) is 3.20. The summed E-state index contributed by atoms with van der Waals surface area (Å²) in [4.78, 5) is 11.5. The standard InChI is InChI=1S/C10H10ClF2NO3/c1-2-16-9(15)7-5(11)3-4-6(14)8(7)17-10(12)13/h3-4,10H,2,14H2,1H3. The van der Waals surface area contributed by atoms with Gasteiger partial charge in [-0.2, -0.15) is 8.78 Å². The van der Waals surface area contributed by atoms with Crippen molar-refractivity contribution in [1.82, 2.24) is 0 Å². The van der Waals surface area contributed by atoms with E-state index in [2.05, 4.69) is 9.47 Å². The molecule has 0 heterocycles. The Kier molecular flexibility index (Phi) is 4.51. The van der Waals surface area contributed by atoms with Crippen molar-refractivity contribution in [2.75, 3.05) is 12.3 Å². The molecule has 17 heavy (non-hydrogen) atoms. The molecule has 94 valence electrons. The molecule has 2 N–H and O–H groups in total. The van der Waals surface area contributed by atoms with E-state index in [1.54, 1.807) is 6.92 Å². The molecule has 0 aliphatic carbocycles. The van der Waals surface area contributed by atoms with Crippen molar-refractivity contribution in [3.8, 4) is 5.75 Å². The lowest BCUT2D eigenvalue weighted by atomic mass is 10.1. The van der Waals surface area contributed by atoms with Crippen LogP contribution >= 0.6 is 11.6 Å². The number of alkyl halides is 2. The Morgan fingerprint density at radius 3 is 2.71 bits per heavy atom. The molecule has 0 atom stereocenters. The zero-order chi connectivity index (χ0) is 13.0. The van der Waals surface area contributed by atoms with Gasteiger partial charge in [0.25, 0.3) is 0 Å². The van der Waals surface area contributed by atoms with Gasteiger partial charge >= 0.3 is 12.6 Å². The number of halogens is 3. The number of anilines is 1. The lowest BCUT2D eigenvalue weighted by Gasteiger charge is -2.13. The van der Waals surface area contributed by atoms with Crippen molar-refractivity contribution < 1.29 is 23.0 Å². The molecule has 0 amide bonds. The number of ether oxygens (including phenoxy) is 2. The number of nitrogens with two attached hydrogens (primary N) is 1. The lowest BCUT2D eigenvalue weighted by Crippen LogP contribution is -2.13. The van der Waals surface area contributed by atoms with Gasteiger partial charge in [-0.3, -0.25) is 0 Å². The fraction of sp³-hybridized carbons (Fsp3) is 0.300. The smallest absolute Gasteiger partial charge is 0.387 e. The first kappa shape index (κ1) is 13.5. The first-order valence-corrected chi connectivity index (χ1v) is 5.05. The van der Waals surface area contributed by atoms with Gasteiger partial charge in [-0.15, -0.1) is 0 Å². The first-order valence-electron chi connectivity index (χ1n) is 4.67. The molecule has 7 heteroatoms. The van der Waals surface area contributed by atoms with Crippen LogP contribution in [0.1, 0.15) is 17.3 Å². The summed E-state index contributed by atoms with van der Waals surface area (Å²) < 4.78 is 33.2. The number of hydrogen-bond donors (Lipinski definition) is 1. The highest BCUT2D eigenvalue weighted by Crippen LogP contribution is 2.34. The summed E-state index contributed by atoms with van der Waals surface area (Å²) in [5, 5.41) is -0.0618. The van der Waals surface area contributed by atoms with Gasteiger partial charge in [-0.05, 0) is 19.1 Å². The molecule has 4 nitrogen and oxygen atoms in total. The van der Waals surface area contributed by atoms with Crippen LogP contribution in [0.5, 0.6) is 5.75 Å². The first-order chi connectivity index (χ1) is 7.97. The van der Waals surface area contributed by atoms with Crippen LogP contribution in [-0.4, -0.2) is 19.2 Å². The van der Waals surface area contributed by atoms with E-state index in [1.807, 2.05) is 0 Å². The predicted molar refractivity (Wildman–Crippen MR) is 58.5 cm³/mol. The Labute approximate surface area is 101 Å². The van der Waals surface area contributed by atoms with E-state index in [4.69, 9.17) is 17.3 Å². The van der Waals surface area contributed by atoms with Crippen LogP contribution in [0, 0.1) is 0 Å². The van der Waals surface area contributed by atoms with E-state index in [1.165, 1.54) is 12.1 Å². The Morgan fingerprint density at radius 1 is 1.53 bits per heavy atom. The number of hydrogen-bond acceptors (Lipinski definition) is 4. The van der Waals surface area contributed by atoms with E-state index in [0.29, 0.717) is 0 Å². The van der Waals surface area contributed by atoms with Gasteiger partial charge in [0, 0.05) is 0 Å². The van der Waals surface area contributed by atoms with Gasteiger partial charge in [-0.1, -0.05) is 11.6 Å². The molecule has 1 aromatic carbocycles. The molecule has 0 saturated heterocycles. The largest absolute Gasteiger partial charge is 0.462 e. The quantitative estimate of drug-likeness (QED) is 0.672. The molecule has 0 radical (unpaired) electrons. The van der Waals surface area contributed by atoms with Crippen molar-refractivity contribution in [1.29, 1.82) is 0 Å². The minimum absolute atomic E-state index is 0.0618. The van der Waals surface area contributed by atoms with Crippen molar-refractivity contribution in [2.45, 2.75) is 13.5 Å². The van der Waals surface area contributed by atoms with Gasteiger partial charge in [0.2, 0.25) is 0 Å². The molecule has 0 fully saturated rings. The third-order valence-electron chi connectivity index (χ3n) is 1.82. The normalized spacial score (nSPS) is 10.4. The number of carbonyl (C=O) groups excluding carboxylic acids is 1. The molecule has 0 aliphatic heterocycles. The van der Waals surface area contributed by atoms with E-state index in [-0.39, 0.29) is 22.9 Å². The molecule has 1 rings (SSSR count). The number of esters is 1. The highest BCUT2D eigenvalue weighted by molar-refractivity contribution is 6.34. The second-order valence-electron chi connectivity index (χ2n) is 2.94.